The van der Waals surface area contributed by atoms with E-state index < -0.39 is 35.9 Å². The Bertz CT molecular complexity index is 337. The van der Waals surface area contributed by atoms with Gasteiger partial charge in [-0.05, 0) is 0 Å². The topological polar surface area (TPSA) is 0 Å². The second-order valence-corrected chi connectivity index (χ2v) is 2.78. The van der Waals surface area contributed by atoms with E-state index in [0.29, 0.717) is 0 Å². The molecule has 0 spiro atoms. The summed E-state index contributed by atoms with van der Waals surface area (Å²) in [5, 5.41) is 0. The van der Waals surface area contributed by atoms with Gasteiger partial charge in [0.05, 0.1) is 0 Å². The average Bonchev–Trinajstić information content (AvgIpc) is 1.95. The molecule has 0 aromatic rings. The van der Waals surface area contributed by atoms with E-state index in [1.165, 1.54) is 0 Å². The Kier molecular flexibility index (Phi) is 3.97. The van der Waals surface area contributed by atoms with E-state index in [4.69, 9.17) is 0 Å². The Balaban J connectivity index is 6.01. The first kappa shape index (κ1) is 16.9. The van der Waals surface area contributed by atoms with Crippen LogP contribution in [0.15, 0.2) is 11.7 Å². The number of allylic oxidation sites excluding steroid dienone is 1. The monoisotopic (exact) mass is 300 g/mol. The summed E-state index contributed by atoms with van der Waals surface area (Å²) in [5.41, 5.74) is -4.53. The fourth-order valence-corrected chi connectivity index (χ4v) is 0.739. The third kappa shape index (κ3) is 2.66. The Morgan fingerprint density at radius 3 is 1.11 bits per heavy atom. The van der Waals surface area contributed by atoms with E-state index >= 15 is 0 Å². The lowest BCUT2D eigenvalue weighted by Crippen LogP contribution is -2.55. The second kappa shape index (κ2) is 4.23. The number of hydrogen-bond donors (Lipinski definition) is 0. The fourth-order valence-electron chi connectivity index (χ4n) is 0.739. The van der Waals surface area contributed by atoms with Crippen LogP contribution < -0.4 is 0 Å². The van der Waals surface area contributed by atoms with E-state index in [2.05, 4.69) is 0 Å². The van der Waals surface area contributed by atoms with E-state index in [1.807, 2.05) is 0 Å². The summed E-state index contributed by atoms with van der Waals surface area (Å²) in [4.78, 5) is 0. The van der Waals surface area contributed by atoms with Crippen LogP contribution in [0.4, 0.5) is 52.7 Å². The van der Waals surface area contributed by atoms with Gasteiger partial charge < -0.3 is 0 Å². The summed E-state index contributed by atoms with van der Waals surface area (Å²) >= 11 is 0. The van der Waals surface area contributed by atoms with Crippen LogP contribution in [0.5, 0.6) is 0 Å². The summed E-state index contributed by atoms with van der Waals surface area (Å²) in [6.07, 6.45) is -18.3. The molecule has 0 aromatic carbocycles. The van der Waals surface area contributed by atoms with Crippen LogP contribution in [0.3, 0.4) is 0 Å². The average molecular weight is 300 g/mol. The number of rotatable bonds is 2. The first-order valence-corrected chi connectivity index (χ1v) is 3.52. The maximum Gasteiger partial charge on any atom is 0.460 e. The predicted octanol–water partition coefficient (Wildman–Crippen LogP) is 4.53. The lowest BCUT2D eigenvalue weighted by molar-refractivity contribution is -0.351. The number of hydrogen-bond acceptors (Lipinski definition) is 0. The van der Waals surface area contributed by atoms with Crippen molar-refractivity contribution in [3.8, 4) is 0 Å². The predicted molar refractivity (Wildman–Crippen MR) is 31.2 cm³/mol. The SMILES string of the molecule is FC(F)=C(C(F)(F)F)C(F)(F)C(F)(F)C(F)(F)F. The van der Waals surface area contributed by atoms with Gasteiger partial charge in [-0.15, -0.1) is 0 Å². The van der Waals surface area contributed by atoms with Gasteiger partial charge in [-0.1, -0.05) is 0 Å². The molecule has 0 bridgehead atoms. The zero-order valence-corrected chi connectivity index (χ0v) is 7.54. The highest BCUT2D eigenvalue weighted by Gasteiger charge is 2.78. The molecule has 0 atom stereocenters. The van der Waals surface area contributed by atoms with Gasteiger partial charge in [-0.2, -0.15) is 52.7 Å². The highest BCUT2D eigenvalue weighted by atomic mass is 19.4. The van der Waals surface area contributed by atoms with Crippen molar-refractivity contribution >= 4 is 0 Å². The van der Waals surface area contributed by atoms with Crippen LogP contribution in [0.25, 0.3) is 0 Å². The molecule has 0 amide bonds. The molecule has 0 aliphatic heterocycles. The van der Waals surface area contributed by atoms with Crippen LogP contribution in [0.1, 0.15) is 0 Å². The third-order valence-corrected chi connectivity index (χ3v) is 1.54. The molecule has 12 heteroatoms. The lowest BCUT2D eigenvalue weighted by Gasteiger charge is -2.29. The maximum absolute atomic E-state index is 12.4. The van der Waals surface area contributed by atoms with Gasteiger partial charge in [0.1, 0.15) is 0 Å². The summed E-state index contributed by atoms with van der Waals surface area (Å²) in [7, 11) is 0. The molecule has 0 heterocycles. The molecule has 0 aliphatic rings. The van der Waals surface area contributed by atoms with E-state index in [-0.39, 0.29) is 0 Å². The zero-order chi connectivity index (χ0) is 15.2. The van der Waals surface area contributed by atoms with Gasteiger partial charge in [0.25, 0.3) is 6.08 Å². The minimum absolute atomic E-state index is 4.38. The Labute approximate surface area is 89.9 Å². The Hall–Kier alpha value is -1.10. The van der Waals surface area contributed by atoms with Crippen LogP contribution in [-0.4, -0.2) is 24.2 Å². The lowest BCUT2D eigenvalue weighted by atomic mass is 10.0. The highest BCUT2D eigenvalue weighted by molar-refractivity contribution is 5.24. The van der Waals surface area contributed by atoms with Crippen LogP contribution >= 0.6 is 0 Å². The molecule has 18 heavy (non-hydrogen) atoms. The molecular weight excluding hydrogens is 300 g/mol. The van der Waals surface area contributed by atoms with Crippen molar-refractivity contribution in [3.05, 3.63) is 11.7 Å². The molecular formula is C6F12. The first-order chi connectivity index (χ1) is 7.57. The van der Waals surface area contributed by atoms with Crippen molar-refractivity contribution in [2.24, 2.45) is 0 Å². The van der Waals surface area contributed by atoms with Gasteiger partial charge in [0, 0.05) is 0 Å². The van der Waals surface area contributed by atoms with Crippen molar-refractivity contribution < 1.29 is 52.7 Å². The standard InChI is InChI=1S/C6F12/c7-2(8)1(4(11,12)13)3(9,10)5(14,15)6(16,17)18. The smallest absolute Gasteiger partial charge is 0.194 e. The maximum atomic E-state index is 12.4. The summed E-state index contributed by atoms with van der Waals surface area (Å²) < 4.78 is 142. The van der Waals surface area contributed by atoms with Crippen molar-refractivity contribution in [1.29, 1.82) is 0 Å². The van der Waals surface area contributed by atoms with Crippen LogP contribution in [-0.2, 0) is 0 Å². The molecule has 0 unspecified atom stereocenters. The van der Waals surface area contributed by atoms with E-state index in [1.54, 1.807) is 0 Å². The molecule has 0 nitrogen and oxygen atoms in total. The molecule has 108 valence electrons. The molecule has 0 fully saturated rings. The molecule has 0 saturated heterocycles. The highest BCUT2D eigenvalue weighted by Crippen LogP contribution is 2.54. The number of halogens is 12. The van der Waals surface area contributed by atoms with Gasteiger partial charge in [-0.25, -0.2) is 0 Å². The molecule has 0 aliphatic carbocycles. The normalized spacial score (nSPS) is 14.7. The molecule has 0 N–H and O–H groups in total. The van der Waals surface area contributed by atoms with Gasteiger partial charge >= 0.3 is 24.2 Å². The van der Waals surface area contributed by atoms with Gasteiger partial charge in [0.15, 0.2) is 5.57 Å². The van der Waals surface area contributed by atoms with E-state index in [0.717, 1.165) is 0 Å². The van der Waals surface area contributed by atoms with Gasteiger partial charge in [-0.3, -0.25) is 0 Å². The fraction of sp³-hybridized carbons (Fsp3) is 0.667. The molecule has 0 saturated carbocycles. The van der Waals surface area contributed by atoms with Crippen molar-refractivity contribution in [1.82, 2.24) is 0 Å². The van der Waals surface area contributed by atoms with E-state index in [9.17, 15) is 52.7 Å². The van der Waals surface area contributed by atoms with Gasteiger partial charge in [0.2, 0.25) is 0 Å². The van der Waals surface area contributed by atoms with Crippen molar-refractivity contribution in [2.75, 3.05) is 0 Å². The Morgan fingerprint density at radius 2 is 0.944 bits per heavy atom. The zero-order valence-electron chi connectivity index (χ0n) is 7.54. The minimum atomic E-state index is -7.30. The quantitative estimate of drug-likeness (QED) is 0.657. The molecule has 0 radical (unpaired) electrons. The van der Waals surface area contributed by atoms with Crippen LogP contribution in [0, 0.1) is 0 Å². The van der Waals surface area contributed by atoms with Crippen molar-refractivity contribution in [3.63, 3.8) is 0 Å². The van der Waals surface area contributed by atoms with Crippen molar-refractivity contribution in [2.45, 2.75) is 24.2 Å². The first-order valence-electron chi connectivity index (χ1n) is 3.52. The summed E-state index contributed by atoms with van der Waals surface area (Å²) in [6.45, 7) is 0. The molecule has 0 rings (SSSR count). The summed E-state index contributed by atoms with van der Waals surface area (Å²) in [5.74, 6) is -14.4. The largest absolute Gasteiger partial charge is 0.460 e. The second-order valence-electron chi connectivity index (χ2n) is 2.78. The number of alkyl halides is 10. The third-order valence-electron chi connectivity index (χ3n) is 1.54. The molecule has 0 aromatic heterocycles. The minimum Gasteiger partial charge on any atom is -0.194 e. The van der Waals surface area contributed by atoms with Crippen LogP contribution in [0.2, 0.25) is 0 Å². The Morgan fingerprint density at radius 1 is 0.611 bits per heavy atom. The summed E-state index contributed by atoms with van der Waals surface area (Å²) in [6, 6.07) is 0.